The van der Waals surface area contributed by atoms with E-state index in [2.05, 4.69) is 15.5 Å². The first-order chi connectivity index (χ1) is 10.7. The van der Waals surface area contributed by atoms with Crippen LogP contribution in [0.15, 0.2) is 0 Å². The molecule has 23 heavy (non-hydrogen) atoms. The van der Waals surface area contributed by atoms with E-state index in [9.17, 15) is 14.7 Å². The summed E-state index contributed by atoms with van der Waals surface area (Å²) >= 11 is 0. The SMILES string of the molecule is CC(C)(C)OC(=O)N1CCN(C2CNC(N)C(C(=O)O)N2)CC1. The van der Waals surface area contributed by atoms with Gasteiger partial charge in [0.1, 0.15) is 11.6 Å². The second kappa shape index (κ2) is 7.00. The van der Waals surface area contributed by atoms with E-state index < -0.39 is 23.8 Å². The molecule has 0 bridgehead atoms. The largest absolute Gasteiger partial charge is 0.480 e. The Kier molecular flexibility index (Phi) is 5.45. The van der Waals surface area contributed by atoms with Gasteiger partial charge in [0.05, 0.1) is 12.3 Å². The monoisotopic (exact) mass is 329 g/mol. The van der Waals surface area contributed by atoms with Crippen LogP contribution in [0.4, 0.5) is 4.79 Å². The first kappa shape index (κ1) is 17.9. The van der Waals surface area contributed by atoms with Crippen molar-refractivity contribution in [1.82, 2.24) is 20.4 Å². The molecule has 132 valence electrons. The van der Waals surface area contributed by atoms with Gasteiger partial charge in [-0.25, -0.2) is 4.79 Å². The lowest BCUT2D eigenvalue weighted by Crippen LogP contribution is -2.71. The molecule has 2 aliphatic rings. The van der Waals surface area contributed by atoms with Gasteiger partial charge < -0.3 is 20.5 Å². The fourth-order valence-electron chi connectivity index (χ4n) is 2.74. The number of nitrogens with zero attached hydrogens (tertiary/aromatic N) is 2. The fourth-order valence-corrected chi connectivity index (χ4v) is 2.74. The van der Waals surface area contributed by atoms with Crippen molar-refractivity contribution in [1.29, 1.82) is 0 Å². The van der Waals surface area contributed by atoms with Crippen molar-refractivity contribution in [2.45, 2.75) is 44.7 Å². The van der Waals surface area contributed by atoms with Gasteiger partial charge in [-0.3, -0.25) is 20.3 Å². The Morgan fingerprint density at radius 2 is 1.83 bits per heavy atom. The summed E-state index contributed by atoms with van der Waals surface area (Å²) in [6, 6.07) is -0.822. The summed E-state index contributed by atoms with van der Waals surface area (Å²) in [6.07, 6.45) is -1.03. The molecule has 2 fully saturated rings. The van der Waals surface area contributed by atoms with Crippen LogP contribution in [0.1, 0.15) is 20.8 Å². The smallest absolute Gasteiger partial charge is 0.410 e. The molecule has 2 aliphatic heterocycles. The average molecular weight is 329 g/mol. The Hall–Kier alpha value is -1.42. The molecule has 5 N–H and O–H groups in total. The third-order valence-electron chi connectivity index (χ3n) is 3.95. The molecule has 9 nitrogen and oxygen atoms in total. The number of piperazine rings is 2. The number of rotatable bonds is 2. The van der Waals surface area contributed by atoms with E-state index in [1.54, 1.807) is 4.90 Å². The molecule has 2 heterocycles. The molecule has 0 aliphatic carbocycles. The maximum atomic E-state index is 12.0. The Labute approximate surface area is 136 Å². The van der Waals surface area contributed by atoms with Crippen molar-refractivity contribution in [3.05, 3.63) is 0 Å². The average Bonchev–Trinajstić information content (AvgIpc) is 2.46. The fraction of sp³-hybridized carbons (Fsp3) is 0.857. The topological polar surface area (TPSA) is 120 Å². The van der Waals surface area contributed by atoms with Crippen molar-refractivity contribution in [2.75, 3.05) is 32.7 Å². The Morgan fingerprint density at radius 1 is 1.22 bits per heavy atom. The van der Waals surface area contributed by atoms with E-state index >= 15 is 0 Å². The number of nitrogens with one attached hydrogen (secondary N) is 2. The van der Waals surface area contributed by atoms with E-state index in [1.165, 1.54) is 0 Å². The van der Waals surface area contributed by atoms with E-state index in [0.29, 0.717) is 32.7 Å². The predicted octanol–water partition coefficient (Wildman–Crippen LogP) is -1.20. The standard InChI is InChI=1S/C14H27N5O4/c1-14(2,3)23-13(22)19-6-4-18(5-7-19)9-8-16-11(15)10(17-9)12(20)21/h9-11,16-17H,4-8,15H2,1-3H3,(H,20,21). The second-order valence-electron chi connectivity index (χ2n) is 6.94. The van der Waals surface area contributed by atoms with Crippen molar-refractivity contribution in [3.63, 3.8) is 0 Å². The number of aliphatic carboxylic acids is 1. The van der Waals surface area contributed by atoms with Crippen LogP contribution in [-0.4, -0.2) is 83.7 Å². The highest BCUT2D eigenvalue weighted by molar-refractivity contribution is 5.74. The van der Waals surface area contributed by atoms with Crippen LogP contribution in [0.2, 0.25) is 0 Å². The first-order valence-corrected chi connectivity index (χ1v) is 7.87. The quantitative estimate of drug-likeness (QED) is 0.498. The van der Waals surface area contributed by atoms with Gasteiger partial charge in [-0.15, -0.1) is 0 Å². The normalized spacial score (nSPS) is 30.1. The molecule has 0 aromatic rings. The minimum Gasteiger partial charge on any atom is -0.480 e. The predicted molar refractivity (Wildman–Crippen MR) is 83.7 cm³/mol. The van der Waals surface area contributed by atoms with E-state index in [4.69, 9.17) is 10.5 Å². The lowest BCUT2D eigenvalue weighted by molar-refractivity contribution is -0.141. The van der Waals surface area contributed by atoms with Crippen molar-refractivity contribution < 1.29 is 19.4 Å². The van der Waals surface area contributed by atoms with Crippen LogP contribution in [-0.2, 0) is 9.53 Å². The number of carbonyl (C=O) groups excluding carboxylic acids is 1. The molecule has 0 saturated carbocycles. The maximum Gasteiger partial charge on any atom is 0.410 e. The number of hydrogen-bond acceptors (Lipinski definition) is 7. The molecule has 2 saturated heterocycles. The number of carboxylic acid groups (broad SMARTS) is 1. The summed E-state index contributed by atoms with van der Waals surface area (Å²) < 4.78 is 5.37. The molecule has 1 amide bonds. The third kappa shape index (κ3) is 4.77. The van der Waals surface area contributed by atoms with Gasteiger partial charge in [0.2, 0.25) is 0 Å². The summed E-state index contributed by atoms with van der Waals surface area (Å²) in [7, 11) is 0. The first-order valence-electron chi connectivity index (χ1n) is 7.87. The zero-order valence-corrected chi connectivity index (χ0v) is 13.9. The minimum atomic E-state index is -0.970. The summed E-state index contributed by atoms with van der Waals surface area (Å²) in [4.78, 5) is 27.0. The molecule has 9 heteroatoms. The van der Waals surface area contributed by atoms with Crippen molar-refractivity contribution in [3.8, 4) is 0 Å². The summed E-state index contributed by atoms with van der Waals surface area (Å²) in [5, 5.41) is 15.2. The van der Waals surface area contributed by atoms with Crippen LogP contribution < -0.4 is 16.4 Å². The molecular weight excluding hydrogens is 302 g/mol. The van der Waals surface area contributed by atoms with Crippen LogP contribution in [0, 0.1) is 0 Å². The van der Waals surface area contributed by atoms with E-state index in [-0.39, 0.29) is 12.3 Å². The Morgan fingerprint density at radius 3 is 2.35 bits per heavy atom. The second-order valence-corrected chi connectivity index (χ2v) is 6.94. The molecule has 2 rings (SSSR count). The van der Waals surface area contributed by atoms with Crippen LogP contribution in [0.5, 0.6) is 0 Å². The number of hydrogen-bond donors (Lipinski definition) is 4. The van der Waals surface area contributed by atoms with Crippen molar-refractivity contribution in [2.24, 2.45) is 5.73 Å². The van der Waals surface area contributed by atoms with Crippen LogP contribution in [0.3, 0.4) is 0 Å². The van der Waals surface area contributed by atoms with Crippen molar-refractivity contribution >= 4 is 12.1 Å². The Bertz CT molecular complexity index is 445. The number of carbonyl (C=O) groups is 2. The lowest BCUT2D eigenvalue weighted by atomic mass is 10.1. The molecular formula is C14H27N5O4. The van der Waals surface area contributed by atoms with Crippen LogP contribution >= 0.6 is 0 Å². The zero-order chi connectivity index (χ0) is 17.2. The lowest BCUT2D eigenvalue weighted by Gasteiger charge is -2.43. The van der Waals surface area contributed by atoms with Gasteiger partial charge in [-0.2, -0.15) is 0 Å². The summed E-state index contributed by atoms with van der Waals surface area (Å²) in [5.41, 5.74) is 5.24. The van der Waals surface area contributed by atoms with Gasteiger partial charge in [-0.1, -0.05) is 0 Å². The third-order valence-corrected chi connectivity index (χ3v) is 3.95. The number of amides is 1. The molecule has 0 aromatic carbocycles. The van der Waals surface area contributed by atoms with Crippen LogP contribution in [0.25, 0.3) is 0 Å². The van der Waals surface area contributed by atoms with Gasteiger partial charge in [0.15, 0.2) is 0 Å². The maximum absolute atomic E-state index is 12.0. The number of ether oxygens (including phenoxy) is 1. The highest BCUT2D eigenvalue weighted by atomic mass is 16.6. The highest BCUT2D eigenvalue weighted by Crippen LogP contribution is 2.13. The summed E-state index contributed by atoms with van der Waals surface area (Å²) in [5.74, 6) is -0.970. The van der Waals surface area contributed by atoms with E-state index in [1.807, 2.05) is 20.8 Å². The summed E-state index contributed by atoms with van der Waals surface area (Å²) in [6.45, 7) is 8.50. The van der Waals surface area contributed by atoms with Gasteiger partial charge >= 0.3 is 12.1 Å². The number of nitrogens with two attached hydrogens (primary N) is 1. The molecule has 3 unspecified atom stereocenters. The Balaban J connectivity index is 1.85. The van der Waals surface area contributed by atoms with Gasteiger partial charge in [-0.05, 0) is 20.8 Å². The molecule has 3 atom stereocenters. The minimum absolute atomic E-state index is 0.114. The molecule has 0 radical (unpaired) electrons. The van der Waals surface area contributed by atoms with Gasteiger partial charge in [0, 0.05) is 32.7 Å². The van der Waals surface area contributed by atoms with Gasteiger partial charge in [0.25, 0.3) is 0 Å². The zero-order valence-electron chi connectivity index (χ0n) is 13.9. The molecule has 0 spiro atoms. The highest BCUT2D eigenvalue weighted by Gasteiger charge is 2.36. The van der Waals surface area contributed by atoms with E-state index in [0.717, 1.165) is 0 Å². The number of carboxylic acids is 1. The molecule has 0 aromatic heterocycles.